The van der Waals surface area contributed by atoms with Crippen molar-refractivity contribution in [3.8, 4) is 0 Å². The van der Waals surface area contributed by atoms with Crippen LogP contribution < -0.4 is 5.32 Å². The van der Waals surface area contributed by atoms with Crippen LogP contribution in [-0.2, 0) is 0 Å². The SMILES string of the molecule is Cc1nccnc1C(C)NC(CO)c1ccccc1. The minimum absolute atomic E-state index is 0.0334. The Labute approximate surface area is 113 Å². The minimum atomic E-state index is -0.0994. The van der Waals surface area contributed by atoms with Crippen LogP contribution in [0, 0.1) is 6.92 Å². The van der Waals surface area contributed by atoms with Crippen molar-refractivity contribution in [2.24, 2.45) is 0 Å². The van der Waals surface area contributed by atoms with Crippen molar-refractivity contribution in [1.29, 1.82) is 0 Å². The van der Waals surface area contributed by atoms with Crippen LogP contribution in [0.5, 0.6) is 0 Å². The first-order chi connectivity index (χ1) is 9.22. The second-order valence-corrected chi connectivity index (χ2v) is 4.56. The second kappa shape index (κ2) is 6.41. The quantitative estimate of drug-likeness (QED) is 0.862. The molecule has 0 aliphatic rings. The highest BCUT2D eigenvalue weighted by molar-refractivity contribution is 5.20. The molecular formula is C15H19N3O. The number of hydrogen-bond donors (Lipinski definition) is 2. The molecule has 0 aliphatic carbocycles. The van der Waals surface area contributed by atoms with Crippen molar-refractivity contribution in [2.45, 2.75) is 25.9 Å². The van der Waals surface area contributed by atoms with Crippen LogP contribution >= 0.6 is 0 Å². The van der Waals surface area contributed by atoms with Gasteiger partial charge in [0.25, 0.3) is 0 Å². The van der Waals surface area contributed by atoms with Crippen LogP contribution in [0.3, 0.4) is 0 Å². The van der Waals surface area contributed by atoms with Gasteiger partial charge in [-0.25, -0.2) is 0 Å². The largest absolute Gasteiger partial charge is 0.394 e. The Morgan fingerprint density at radius 2 is 1.84 bits per heavy atom. The van der Waals surface area contributed by atoms with E-state index in [0.717, 1.165) is 17.0 Å². The van der Waals surface area contributed by atoms with Crippen LogP contribution in [0.1, 0.15) is 36.0 Å². The Morgan fingerprint density at radius 3 is 2.47 bits per heavy atom. The molecule has 2 rings (SSSR count). The highest BCUT2D eigenvalue weighted by atomic mass is 16.3. The van der Waals surface area contributed by atoms with Gasteiger partial charge in [0, 0.05) is 18.4 Å². The maximum Gasteiger partial charge on any atom is 0.0782 e. The van der Waals surface area contributed by atoms with E-state index >= 15 is 0 Å². The predicted octanol–water partition coefficient (Wildman–Crippen LogP) is 2.17. The van der Waals surface area contributed by atoms with Crippen LogP contribution in [0.2, 0.25) is 0 Å². The molecule has 2 unspecified atom stereocenters. The first-order valence-electron chi connectivity index (χ1n) is 6.41. The number of aliphatic hydroxyl groups excluding tert-OH is 1. The summed E-state index contributed by atoms with van der Waals surface area (Å²) in [5.74, 6) is 0. The maximum absolute atomic E-state index is 9.55. The van der Waals surface area contributed by atoms with E-state index in [1.807, 2.05) is 44.2 Å². The number of nitrogens with one attached hydrogen (secondary N) is 1. The molecule has 0 radical (unpaired) electrons. The van der Waals surface area contributed by atoms with Gasteiger partial charge in [-0.05, 0) is 19.4 Å². The Hall–Kier alpha value is -1.78. The van der Waals surface area contributed by atoms with Gasteiger partial charge in [-0.3, -0.25) is 15.3 Å². The number of hydrogen-bond acceptors (Lipinski definition) is 4. The summed E-state index contributed by atoms with van der Waals surface area (Å²) in [7, 11) is 0. The third-order valence-corrected chi connectivity index (χ3v) is 3.17. The molecule has 0 saturated carbocycles. The molecule has 2 atom stereocenters. The molecule has 100 valence electrons. The lowest BCUT2D eigenvalue weighted by atomic mass is 10.1. The van der Waals surface area contributed by atoms with Crippen molar-refractivity contribution >= 4 is 0 Å². The van der Waals surface area contributed by atoms with Gasteiger partial charge in [-0.1, -0.05) is 30.3 Å². The number of benzene rings is 1. The van der Waals surface area contributed by atoms with Gasteiger partial charge in [-0.15, -0.1) is 0 Å². The molecule has 0 aliphatic heterocycles. The van der Waals surface area contributed by atoms with E-state index in [-0.39, 0.29) is 18.7 Å². The molecule has 2 aromatic rings. The van der Waals surface area contributed by atoms with Gasteiger partial charge in [-0.2, -0.15) is 0 Å². The third kappa shape index (κ3) is 3.36. The zero-order chi connectivity index (χ0) is 13.7. The van der Waals surface area contributed by atoms with Gasteiger partial charge in [0.2, 0.25) is 0 Å². The molecule has 0 saturated heterocycles. The van der Waals surface area contributed by atoms with E-state index in [4.69, 9.17) is 0 Å². The summed E-state index contributed by atoms with van der Waals surface area (Å²) in [4.78, 5) is 8.59. The number of nitrogens with zero attached hydrogens (tertiary/aromatic N) is 2. The van der Waals surface area contributed by atoms with Crippen LogP contribution in [0.4, 0.5) is 0 Å². The van der Waals surface area contributed by atoms with Gasteiger partial charge in [0.15, 0.2) is 0 Å². The highest BCUT2D eigenvalue weighted by Gasteiger charge is 2.16. The fourth-order valence-corrected chi connectivity index (χ4v) is 2.16. The van der Waals surface area contributed by atoms with Gasteiger partial charge < -0.3 is 5.11 Å². The van der Waals surface area contributed by atoms with E-state index in [1.165, 1.54) is 0 Å². The Kier molecular flexibility index (Phi) is 4.60. The minimum Gasteiger partial charge on any atom is -0.394 e. The molecule has 0 bridgehead atoms. The van der Waals surface area contributed by atoms with E-state index < -0.39 is 0 Å². The average Bonchev–Trinajstić information content (AvgIpc) is 2.46. The normalized spacial score (nSPS) is 14.1. The summed E-state index contributed by atoms with van der Waals surface area (Å²) in [5.41, 5.74) is 2.89. The first-order valence-corrected chi connectivity index (χ1v) is 6.41. The Balaban J connectivity index is 2.13. The summed E-state index contributed by atoms with van der Waals surface area (Å²) in [6, 6.07) is 9.85. The summed E-state index contributed by atoms with van der Waals surface area (Å²) >= 11 is 0. The summed E-state index contributed by atoms with van der Waals surface area (Å²) < 4.78 is 0. The number of rotatable bonds is 5. The van der Waals surface area contributed by atoms with Crippen LogP contribution in [0.25, 0.3) is 0 Å². The molecule has 0 amide bonds. The highest BCUT2D eigenvalue weighted by Crippen LogP contribution is 2.19. The molecule has 0 fully saturated rings. The van der Waals surface area contributed by atoms with E-state index in [2.05, 4.69) is 15.3 Å². The molecule has 4 heteroatoms. The molecule has 4 nitrogen and oxygen atoms in total. The topological polar surface area (TPSA) is 58.0 Å². The molecule has 1 heterocycles. The Bertz CT molecular complexity index is 516. The number of aryl methyl sites for hydroxylation is 1. The molecule has 19 heavy (non-hydrogen) atoms. The van der Waals surface area contributed by atoms with Crippen LogP contribution in [-0.4, -0.2) is 21.7 Å². The van der Waals surface area contributed by atoms with Gasteiger partial charge >= 0.3 is 0 Å². The smallest absolute Gasteiger partial charge is 0.0782 e. The summed E-state index contributed by atoms with van der Waals surface area (Å²) in [6.45, 7) is 4.02. The fourth-order valence-electron chi connectivity index (χ4n) is 2.16. The maximum atomic E-state index is 9.55. The van der Waals surface area contributed by atoms with Crippen LogP contribution in [0.15, 0.2) is 42.7 Å². The van der Waals surface area contributed by atoms with E-state index in [9.17, 15) is 5.11 Å². The number of aromatic nitrogens is 2. The van der Waals surface area contributed by atoms with E-state index in [0.29, 0.717) is 0 Å². The summed E-state index contributed by atoms with van der Waals surface area (Å²) in [6.07, 6.45) is 3.38. The third-order valence-electron chi connectivity index (χ3n) is 3.17. The lowest BCUT2D eigenvalue weighted by molar-refractivity contribution is 0.234. The monoisotopic (exact) mass is 257 g/mol. The van der Waals surface area contributed by atoms with Gasteiger partial charge in [0.1, 0.15) is 0 Å². The summed E-state index contributed by atoms with van der Waals surface area (Å²) in [5, 5.41) is 12.9. The van der Waals surface area contributed by atoms with Gasteiger partial charge in [0.05, 0.1) is 24.0 Å². The lowest BCUT2D eigenvalue weighted by Crippen LogP contribution is -2.28. The predicted molar refractivity (Wildman–Crippen MR) is 74.6 cm³/mol. The van der Waals surface area contributed by atoms with Crippen molar-refractivity contribution in [1.82, 2.24) is 15.3 Å². The molecule has 2 N–H and O–H groups in total. The van der Waals surface area contributed by atoms with E-state index in [1.54, 1.807) is 12.4 Å². The molecule has 1 aromatic heterocycles. The standard InChI is InChI=1S/C15H19N3O/c1-11-15(17-9-8-16-11)12(2)18-14(10-19)13-6-4-3-5-7-13/h3-9,12,14,18-19H,10H2,1-2H3. The van der Waals surface area contributed by atoms with Crippen molar-refractivity contribution in [2.75, 3.05) is 6.61 Å². The Morgan fingerprint density at radius 1 is 1.16 bits per heavy atom. The average molecular weight is 257 g/mol. The molecular weight excluding hydrogens is 238 g/mol. The van der Waals surface area contributed by atoms with Crippen molar-refractivity contribution in [3.05, 3.63) is 59.7 Å². The molecule has 0 spiro atoms. The zero-order valence-corrected chi connectivity index (χ0v) is 11.2. The second-order valence-electron chi connectivity index (χ2n) is 4.56. The fraction of sp³-hybridized carbons (Fsp3) is 0.333. The first kappa shape index (κ1) is 13.6. The molecule has 1 aromatic carbocycles. The lowest BCUT2D eigenvalue weighted by Gasteiger charge is -2.22. The zero-order valence-electron chi connectivity index (χ0n) is 11.2. The van der Waals surface area contributed by atoms with Crippen molar-refractivity contribution in [3.63, 3.8) is 0 Å². The number of aliphatic hydroxyl groups is 1. The van der Waals surface area contributed by atoms with Crippen molar-refractivity contribution < 1.29 is 5.11 Å².